The van der Waals surface area contributed by atoms with Crippen LogP contribution in [0.4, 0.5) is 0 Å². The van der Waals surface area contributed by atoms with Gasteiger partial charge in [-0.25, -0.2) is 4.98 Å². The molecule has 2 heterocycles. The molecule has 0 aliphatic carbocycles. The lowest BCUT2D eigenvalue weighted by molar-refractivity contribution is -0.121. The quantitative estimate of drug-likeness (QED) is 0.910. The number of carbonyl (C=O) groups excluding carboxylic acids is 1. The van der Waals surface area contributed by atoms with Gasteiger partial charge in [-0.1, -0.05) is 31.2 Å². The molecule has 0 bridgehead atoms. The number of H-pyrrole nitrogens is 1. The standard InChI is InChI=1S/C16H20N4OS/c1-3-13(15-17-10(2)19-20-15)18-16(21)14-12-7-5-4-6-11(12)8-9-22-14/h4-7,13-14H,3,8-9H2,1-2H3,(H,18,21)(H,17,19,20)/t13-,14+/m0/s1. The first-order valence-electron chi connectivity index (χ1n) is 7.57. The molecule has 22 heavy (non-hydrogen) atoms. The first-order valence-corrected chi connectivity index (χ1v) is 8.62. The fourth-order valence-electron chi connectivity index (χ4n) is 2.72. The van der Waals surface area contributed by atoms with Gasteiger partial charge in [0.1, 0.15) is 11.1 Å². The van der Waals surface area contributed by atoms with Gasteiger partial charge in [0.05, 0.1) is 6.04 Å². The average Bonchev–Trinajstić information content (AvgIpc) is 2.98. The molecule has 1 aliphatic rings. The summed E-state index contributed by atoms with van der Waals surface area (Å²) in [4.78, 5) is 17.0. The van der Waals surface area contributed by atoms with Crippen LogP contribution < -0.4 is 5.32 Å². The second-order valence-corrected chi connectivity index (χ2v) is 6.66. The highest BCUT2D eigenvalue weighted by Crippen LogP contribution is 2.37. The highest BCUT2D eigenvalue weighted by Gasteiger charge is 2.29. The average molecular weight is 316 g/mol. The number of aryl methyl sites for hydroxylation is 2. The van der Waals surface area contributed by atoms with Crippen molar-refractivity contribution in [1.82, 2.24) is 20.5 Å². The maximum absolute atomic E-state index is 12.7. The summed E-state index contributed by atoms with van der Waals surface area (Å²) in [5.41, 5.74) is 2.42. The summed E-state index contributed by atoms with van der Waals surface area (Å²) >= 11 is 1.71. The van der Waals surface area contributed by atoms with Gasteiger partial charge in [0, 0.05) is 0 Å². The van der Waals surface area contributed by atoms with Crippen molar-refractivity contribution in [2.75, 3.05) is 5.75 Å². The van der Waals surface area contributed by atoms with Gasteiger partial charge in [-0.2, -0.15) is 5.10 Å². The Morgan fingerprint density at radius 3 is 3.05 bits per heavy atom. The molecule has 0 radical (unpaired) electrons. The third-order valence-corrected chi connectivity index (χ3v) is 5.12. The Bertz CT molecular complexity index is 670. The number of rotatable bonds is 4. The zero-order valence-corrected chi connectivity index (χ0v) is 13.6. The topological polar surface area (TPSA) is 70.7 Å². The smallest absolute Gasteiger partial charge is 0.238 e. The SMILES string of the molecule is CC[C@H](NC(=O)[C@@H]1SCCc2ccccc21)c1n[nH]c(C)n1. The Balaban J connectivity index is 1.77. The molecule has 1 aliphatic heterocycles. The minimum Gasteiger partial charge on any atom is -0.345 e. The van der Waals surface area contributed by atoms with E-state index in [0.29, 0.717) is 5.82 Å². The van der Waals surface area contributed by atoms with Crippen molar-refractivity contribution >= 4 is 17.7 Å². The second-order valence-electron chi connectivity index (χ2n) is 5.45. The summed E-state index contributed by atoms with van der Waals surface area (Å²) in [5, 5.41) is 9.97. The Hall–Kier alpha value is -1.82. The number of aromatic amines is 1. The number of hydrogen-bond acceptors (Lipinski definition) is 4. The molecule has 0 saturated heterocycles. The van der Waals surface area contributed by atoms with E-state index in [2.05, 4.69) is 32.6 Å². The molecule has 3 rings (SSSR count). The van der Waals surface area contributed by atoms with Gasteiger partial charge in [0.2, 0.25) is 5.91 Å². The van der Waals surface area contributed by atoms with E-state index in [9.17, 15) is 4.79 Å². The largest absolute Gasteiger partial charge is 0.345 e. The Kier molecular flexibility index (Phi) is 4.47. The molecule has 0 saturated carbocycles. The number of amides is 1. The van der Waals surface area contributed by atoms with Crippen molar-refractivity contribution in [3.8, 4) is 0 Å². The van der Waals surface area contributed by atoms with Crippen LogP contribution in [0.5, 0.6) is 0 Å². The summed E-state index contributed by atoms with van der Waals surface area (Å²) in [6.45, 7) is 3.89. The number of fused-ring (bicyclic) bond motifs is 1. The van der Waals surface area contributed by atoms with Gasteiger partial charge in [-0.05, 0) is 36.6 Å². The Labute approximate surface area is 134 Å². The van der Waals surface area contributed by atoms with E-state index in [1.54, 1.807) is 11.8 Å². The molecule has 116 valence electrons. The Morgan fingerprint density at radius 2 is 2.32 bits per heavy atom. The van der Waals surface area contributed by atoms with Crippen molar-refractivity contribution in [1.29, 1.82) is 0 Å². The minimum absolute atomic E-state index is 0.0476. The van der Waals surface area contributed by atoms with Crippen molar-refractivity contribution in [2.24, 2.45) is 0 Å². The molecule has 1 amide bonds. The zero-order chi connectivity index (χ0) is 15.5. The zero-order valence-electron chi connectivity index (χ0n) is 12.8. The van der Waals surface area contributed by atoms with Crippen LogP contribution in [-0.2, 0) is 11.2 Å². The number of aromatic nitrogens is 3. The molecule has 5 nitrogen and oxygen atoms in total. The van der Waals surface area contributed by atoms with E-state index in [0.717, 1.165) is 30.0 Å². The van der Waals surface area contributed by atoms with Gasteiger partial charge in [0.25, 0.3) is 0 Å². The number of nitrogens with one attached hydrogen (secondary N) is 2. The Morgan fingerprint density at radius 1 is 1.50 bits per heavy atom. The molecule has 0 unspecified atom stereocenters. The van der Waals surface area contributed by atoms with Crippen LogP contribution in [-0.4, -0.2) is 26.8 Å². The lowest BCUT2D eigenvalue weighted by Gasteiger charge is -2.25. The van der Waals surface area contributed by atoms with E-state index < -0.39 is 0 Å². The van der Waals surface area contributed by atoms with Crippen molar-refractivity contribution in [3.05, 3.63) is 47.0 Å². The van der Waals surface area contributed by atoms with Gasteiger partial charge >= 0.3 is 0 Å². The number of carbonyl (C=O) groups is 1. The summed E-state index contributed by atoms with van der Waals surface area (Å²) in [6.07, 6.45) is 1.80. The minimum atomic E-state index is -0.146. The molecule has 0 spiro atoms. The van der Waals surface area contributed by atoms with E-state index in [1.165, 1.54) is 5.56 Å². The van der Waals surface area contributed by atoms with Crippen molar-refractivity contribution in [2.45, 2.75) is 38.0 Å². The van der Waals surface area contributed by atoms with E-state index in [4.69, 9.17) is 0 Å². The van der Waals surface area contributed by atoms with Gasteiger partial charge in [-0.15, -0.1) is 11.8 Å². The van der Waals surface area contributed by atoms with Crippen LogP contribution in [0, 0.1) is 6.92 Å². The lowest BCUT2D eigenvalue weighted by Crippen LogP contribution is -2.33. The number of nitrogens with zero attached hydrogens (tertiary/aromatic N) is 2. The first kappa shape index (κ1) is 15.1. The highest BCUT2D eigenvalue weighted by atomic mass is 32.2. The van der Waals surface area contributed by atoms with Crippen LogP contribution in [0.1, 0.15) is 47.4 Å². The van der Waals surface area contributed by atoms with E-state index in [1.807, 2.05) is 26.0 Å². The fraction of sp³-hybridized carbons (Fsp3) is 0.438. The van der Waals surface area contributed by atoms with Crippen LogP contribution in [0.15, 0.2) is 24.3 Å². The van der Waals surface area contributed by atoms with Gasteiger partial charge in [0.15, 0.2) is 5.82 Å². The molecule has 1 aromatic carbocycles. The molecule has 1 aromatic heterocycles. The maximum Gasteiger partial charge on any atom is 0.238 e. The molecule has 6 heteroatoms. The maximum atomic E-state index is 12.7. The summed E-state index contributed by atoms with van der Waals surface area (Å²) in [5.74, 6) is 2.44. The number of hydrogen-bond donors (Lipinski definition) is 2. The van der Waals surface area contributed by atoms with Crippen LogP contribution in [0.25, 0.3) is 0 Å². The third-order valence-electron chi connectivity index (χ3n) is 3.88. The molecule has 2 atom stereocenters. The van der Waals surface area contributed by atoms with E-state index in [-0.39, 0.29) is 17.2 Å². The number of benzene rings is 1. The predicted octanol–water partition coefficient (Wildman–Crippen LogP) is 2.71. The normalized spacial score (nSPS) is 18.5. The predicted molar refractivity (Wildman–Crippen MR) is 87.6 cm³/mol. The lowest BCUT2D eigenvalue weighted by atomic mass is 10.0. The van der Waals surface area contributed by atoms with Crippen LogP contribution >= 0.6 is 11.8 Å². The van der Waals surface area contributed by atoms with Gasteiger partial charge in [-0.3, -0.25) is 9.89 Å². The summed E-state index contributed by atoms with van der Waals surface area (Å²) in [7, 11) is 0. The van der Waals surface area contributed by atoms with Crippen LogP contribution in [0.3, 0.4) is 0 Å². The molecular weight excluding hydrogens is 296 g/mol. The van der Waals surface area contributed by atoms with E-state index >= 15 is 0 Å². The molecule has 0 fully saturated rings. The first-order chi connectivity index (χ1) is 10.7. The van der Waals surface area contributed by atoms with Crippen molar-refractivity contribution in [3.63, 3.8) is 0 Å². The highest BCUT2D eigenvalue weighted by molar-refractivity contribution is 8.00. The van der Waals surface area contributed by atoms with Crippen molar-refractivity contribution < 1.29 is 4.79 Å². The fourth-order valence-corrected chi connectivity index (χ4v) is 3.93. The molecule has 2 aromatic rings. The monoisotopic (exact) mass is 316 g/mol. The summed E-state index contributed by atoms with van der Waals surface area (Å²) < 4.78 is 0. The second kappa shape index (κ2) is 6.52. The third kappa shape index (κ3) is 3.02. The molecule has 2 N–H and O–H groups in total. The summed E-state index contributed by atoms with van der Waals surface area (Å²) in [6, 6.07) is 8.07. The molecular formula is C16H20N4OS. The number of thioether (sulfide) groups is 1. The van der Waals surface area contributed by atoms with Gasteiger partial charge < -0.3 is 5.32 Å². The van der Waals surface area contributed by atoms with Crippen LogP contribution in [0.2, 0.25) is 0 Å².